The molecule has 0 spiro atoms. The van der Waals surface area contributed by atoms with Gasteiger partial charge in [0.2, 0.25) is 4.33 Å². The quantitative estimate of drug-likeness (QED) is 0.618. The van der Waals surface area contributed by atoms with E-state index in [4.69, 9.17) is 85.6 Å². The van der Waals surface area contributed by atoms with Gasteiger partial charge >= 0.3 is 11.9 Å². The molecule has 5 nitrogen and oxygen atoms in total. The Hall–Kier alpha value is 0.640. The molecule has 0 amide bonds. The molecule has 116 valence electrons. The highest BCUT2D eigenvalue weighted by Crippen LogP contribution is 2.25. The smallest absolute Gasteiger partial charge is 0.356 e. The van der Waals surface area contributed by atoms with Crippen LogP contribution < -0.4 is 5.73 Å². The average molecular weight is 400 g/mol. The Balaban J connectivity index is -0.000000214. The average Bonchev–Trinajstić information content (AvgIpc) is 2.15. The normalized spacial score (nSPS) is 10.8. The Morgan fingerprint density at radius 2 is 1.26 bits per heavy atom. The van der Waals surface area contributed by atoms with Gasteiger partial charge in [0.15, 0.2) is 0 Å². The van der Waals surface area contributed by atoms with Gasteiger partial charge in [0.05, 0.1) is 5.88 Å². The number of hydrogen-bond donors (Lipinski definition) is 3. The maximum atomic E-state index is 9.90. The summed E-state index contributed by atoms with van der Waals surface area (Å²) in [6.07, 6.45) is 0. The highest BCUT2D eigenvalue weighted by atomic mass is 35.6. The van der Waals surface area contributed by atoms with Crippen molar-refractivity contribution in [2.45, 2.75) is 28.0 Å². The van der Waals surface area contributed by atoms with Crippen molar-refractivity contribution in [2.75, 3.05) is 5.88 Å². The van der Waals surface area contributed by atoms with Crippen LogP contribution in [0.3, 0.4) is 0 Å². The molecule has 0 saturated carbocycles. The fraction of sp³-hybridized carbons (Fsp3) is 0.750. The number of aliphatic carboxylic acids is 2. The van der Waals surface area contributed by atoms with Crippen LogP contribution in [0.25, 0.3) is 0 Å². The first-order valence-electron chi connectivity index (χ1n) is 4.41. The monoisotopic (exact) mass is 397 g/mol. The molecule has 19 heavy (non-hydrogen) atoms. The zero-order valence-electron chi connectivity index (χ0n) is 9.84. The Bertz CT molecular complexity index is 276. The molecule has 0 aliphatic rings. The summed E-state index contributed by atoms with van der Waals surface area (Å²) in [6.45, 7) is 3.89. The zero-order valence-corrected chi connectivity index (χ0v) is 14.4. The largest absolute Gasteiger partial charge is 0.479 e. The molecule has 0 heterocycles. The molecule has 0 unspecified atom stereocenters. The molecule has 0 atom stereocenters. The zero-order chi connectivity index (χ0) is 16.4. The third-order valence-electron chi connectivity index (χ3n) is 0.723. The minimum atomic E-state index is -2.17. The van der Waals surface area contributed by atoms with Gasteiger partial charge in [0.1, 0.15) is 0 Å². The Morgan fingerprint density at radius 1 is 1.05 bits per heavy atom. The van der Waals surface area contributed by atoms with Crippen LogP contribution in [0.2, 0.25) is 0 Å². The predicted molar refractivity (Wildman–Crippen MR) is 80.0 cm³/mol. The third-order valence-corrected chi connectivity index (χ3v) is 2.47. The summed E-state index contributed by atoms with van der Waals surface area (Å²) >= 11 is 29.6. The topological polar surface area (TPSA) is 101 Å². The minimum absolute atomic E-state index is 0.314. The number of carboxylic acid groups (broad SMARTS) is 2. The SMILES string of the molecule is CC(C)N.O=C(O)C(Cl)(Cl)CCl.O=C(O)C(Cl)(Cl)Cl. The van der Waals surface area contributed by atoms with Crippen LogP contribution in [0.15, 0.2) is 0 Å². The number of carbonyl (C=O) groups is 2. The molecule has 0 aromatic carbocycles. The van der Waals surface area contributed by atoms with Gasteiger partial charge in [-0.25, -0.2) is 9.59 Å². The number of nitrogens with two attached hydrogens (primary N) is 1. The highest BCUT2D eigenvalue weighted by Gasteiger charge is 2.32. The van der Waals surface area contributed by atoms with Crippen LogP contribution in [0, 0.1) is 0 Å². The maximum absolute atomic E-state index is 9.90. The fourth-order valence-corrected chi connectivity index (χ4v) is 0.171. The second-order valence-electron chi connectivity index (χ2n) is 3.19. The van der Waals surface area contributed by atoms with Crippen molar-refractivity contribution < 1.29 is 19.8 Å². The van der Waals surface area contributed by atoms with E-state index in [1.165, 1.54) is 0 Å². The molecule has 0 fully saturated rings. The molecule has 0 rings (SSSR count). The van der Waals surface area contributed by atoms with Crippen molar-refractivity contribution in [3.8, 4) is 0 Å². The van der Waals surface area contributed by atoms with Crippen LogP contribution >= 0.6 is 69.6 Å². The maximum Gasteiger partial charge on any atom is 0.356 e. The van der Waals surface area contributed by atoms with E-state index in [0.717, 1.165) is 0 Å². The van der Waals surface area contributed by atoms with Gasteiger partial charge in [-0.15, -0.1) is 11.6 Å². The van der Waals surface area contributed by atoms with Gasteiger partial charge in [0, 0.05) is 0 Å². The van der Waals surface area contributed by atoms with E-state index < -0.39 is 20.1 Å². The van der Waals surface area contributed by atoms with Gasteiger partial charge < -0.3 is 15.9 Å². The number of carboxylic acids is 2. The predicted octanol–water partition coefficient (Wildman–Crippen LogP) is 3.28. The third kappa shape index (κ3) is 21.1. The fourth-order valence-electron chi connectivity index (χ4n) is 0.0572. The summed E-state index contributed by atoms with van der Waals surface area (Å²) in [6, 6.07) is 0.333. The summed E-state index contributed by atoms with van der Waals surface area (Å²) in [5, 5.41) is 15.9. The Labute approximate surface area is 140 Å². The van der Waals surface area contributed by atoms with Crippen molar-refractivity contribution in [3.05, 3.63) is 0 Å². The van der Waals surface area contributed by atoms with Crippen molar-refractivity contribution in [2.24, 2.45) is 5.73 Å². The van der Waals surface area contributed by atoms with E-state index in [2.05, 4.69) is 0 Å². The lowest BCUT2D eigenvalue weighted by molar-refractivity contribution is -0.137. The van der Waals surface area contributed by atoms with Crippen LogP contribution in [-0.2, 0) is 9.59 Å². The lowest BCUT2D eigenvalue weighted by Gasteiger charge is -2.07. The van der Waals surface area contributed by atoms with E-state index in [0.29, 0.717) is 6.04 Å². The van der Waals surface area contributed by atoms with Crippen LogP contribution in [0.4, 0.5) is 0 Å². The molecule has 0 aliphatic carbocycles. The van der Waals surface area contributed by atoms with Gasteiger partial charge in [-0.3, -0.25) is 0 Å². The van der Waals surface area contributed by atoms with Crippen molar-refractivity contribution in [3.63, 3.8) is 0 Å². The van der Waals surface area contributed by atoms with E-state index in [-0.39, 0.29) is 5.88 Å². The first-order chi connectivity index (χ1) is 8.18. The molecule has 0 saturated heterocycles. The molecule has 0 radical (unpaired) electrons. The molecule has 0 aromatic heterocycles. The summed E-state index contributed by atoms with van der Waals surface area (Å²) in [5.41, 5.74) is 5.11. The van der Waals surface area contributed by atoms with Crippen LogP contribution in [-0.4, -0.2) is 42.2 Å². The van der Waals surface area contributed by atoms with Crippen molar-refractivity contribution in [1.82, 2.24) is 0 Å². The molecule has 0 aliphatic heterocycles. The van der Waals surface area contributed by atoms with E-state index in [1.54, 1.807) is 0 Å². The molecule has 0 aromatic rings. The van der Waals surface area contributed by atoms with Gasteiger partial charge in [-0.2, -0.15) is 0 Å². The lowest BCUT2D eigenvalue weighted by atomic mass is 10.5. The van der Waals surface area contributed by atoms with Crippen molar-refractivity contribution in [1.29, 1.82) is 0 Å². The summed E-state index contributed by atoms with van der Waals surface area (Å²) in [7, 11) is 0. The first kappa shape index (κ1) is 24.6. The van der Waals surface area contributed by atoms with Gasteiger partial charge in [-0.1, -0.05) is 71.9 Å². The summed E-state index contributed by atoms with van der Waals surface area (Å²) in [4.78, 5) is 19.5. The summed E-state index contributed by atoms with van der Waals surface area (Å²) in [5.74, 6) is -3.10. The number of halogens is 6. The molecular formula is C8H13Cl6NO4. The Morgan fingerprint density at radius 3 is 1.26 bits per heavy atom. The lowest BCUT2D eigenvalue weighted by Crippen LogP contribution is -2.26. The second kappa shape index (κ2) is 11.3. The van der Waals surface area contributed by atoms with E-state index >= 15 is 0 Å². The van der Waals surface area contributed by atoms with Crippen LogP contribution in [0.1, 0.15) is 13.8 Å². The first-order valence-corrected chi connectivity index (χ1v) is 6.83. The Kier molecular flexibility index (Phi) is 14.7. The number of alkyl halides is 6. The van der Waals surface area contributed by atoms with Gasteiger partial charge in [-0.05, 0) is 6.04 Å². The van der Waals surface area contributed by atoms with Crippen molar-refractivity contribution >= 4 is 81.5 Å². The molecule has 11 heteroatoms. The van der Waals surface area contributed by atoms with E-state index in [1.807, 2.05) is 13.8 Å². The molecular weight excluding hydrogens is 387 g/mol. The van der Waals surface area contributed by atoms with Crippen LogP contribution in [0.5, 0.6) is 0 Å². The molecule has 4 N–H and O–H groups in total. The standard InChI is InChI=1S/C3H3Cl3O2.C3H9N.C2HCl3O2/c4-1-3(5,6)2(7)8;1-3(2)4;3-2(4,5)1(6)7/h1H2,(H,7,8);3H,4H2,1-2H3;(H,6,7). The second-order valence-corrected chi connectivity index (χ2v) is 7.22. The highest BCUT2D eigenvalue weighted by molar-refractivity contribution is 6.75. The number of rotatable bonds is 2. The van der Waals surface area contributed by atoms with E-state index in [9.17, 15) is 9.59 Å². The molecule has 0 bridgehead atoms. The number of hydrogen-bond acceptors (Lipinski definition) is 3. The van der Waals surface area contributed by atoms with Gasteiger partial charge in [0.25, 0.3) is 3.79 Å². The summed E-state index contributed by atoms with van der Waals surface area (Å²) < 4.78 is -4.00. The minimum Gasteiger partial charge on any atom is -0.479 e.